The Morgan fingerprint density at radius 2 is 2.11 bits per heavy atom. The van der Waals surface area contributed by atoms with Crippen LogP contribution in [0.4, 0.5) is 0 Å². The minimum Gasteiger partial charge on any atom is -0.348 e. The molecule has 1 aromatic heterocycles. The summed E-state index contributed by atoms with van der Waals surface area (Å²) in [6, 6.07) is 0.193. The van der Waals surface area contributed by atoms with Crippen molar-refractivity contribution < 1.29 is 4.79 Å². The summed E-state index contributed by atoms with van der Waals surface area (Å²) in [5.41, 5.74) is 0.575. The predicted molar refractivity (Wildman–Crippen MR) is 76.5 cm³/mol. The topological polar surface area (TPSA) is 46.9 Å². The van der Waals surface area contributed by atoms with Crippen LogP contribution < -0.4 is 5.32 Å². The van der Waals surface area contributed by atoms with Gasteiger partial charge in [0.15, 0.2) is 0 Å². The highest BCUT2D eigenvalue weighted by Crippen LogP contribution is 2.15. The smallest absolute Gasteiger partial charge is 0.270 e. The third-order valence-corrected chi connectivity index (χ3v) is 3.49. The second-order valence-electron chi connectivity index (χ2n) is 5.16. The van der Waals surface area contributed by atoms with Gasteiger partial charge in [-0.1, -0.05) is 26.7 Å². The van der Waals surface area contributed by atoms with Crippen molar-refractivity contribution in [3.05, 3.63) is 16.4 Å². The molecule has 0 spiro atoms. The highest BCUT2D eigenvalue weighted by Gasteiger charge is 2.16. The molecule has 0 aliphatic heterocycles. The molecule has 0 saturated carbocycles. The number of rotatable bonds is 6. The van der Waals surface area contributed by atoms with Gasteiger partial charge in [-0.2, -0.15) is 5.10 Å². The van der Waals surface area contributed by atoms with Gasteiger partial charge in [-0.25, -0.2) is 0 Å². The third-order valence-electron chi connectivity index (χ3n) is 2.91. The van der Waals surface area contributed by atoms with Crippen LogP contribution in [0.3, 0.4) is 0 Å². The number of nitrogens with one attached hydrogen (secondary N) is 1. The van der Waals surface area contributed by atoms with E-state index in [0.717, 1.165) is 23.2 Å². The summed E-state index contributed by atoms with van der Waals surface area (Å²) < 4.78 is 2.32. The summed E-state index contributed by atoms with van der Waals surface area (Å²) in [6.45, 7) is 6.48. The third kappa shape index (κ3) is 4.44. The van der Waals surface area contributed by atoms with E-state index in [9.17, 15) is 4.79 Å². The van der Waals surface area contributed by atoms with Gasteiger partial charge < -0.3 is 5.32 Å². The molecule has 0 aromatic carbocycles. The first kappa shape index (κ1) is 15.2. The predicted octanol–water partition coefficient (Wildman–Crippen LogP) is 3.13. The first-order chi connectivity index (χ1) is 8.41. The molecule has 0 aliphatic rings. The summed E-state index contributed by atoms with van der Waals surface area (Å²) >= 11 is 3.34. The molecule has 0 bridgehead atoms. The average Bonchev–Trinajstić information content (AvgIpc) is 2.57. The van der Waals surface area contributed by atoms with Gasteiger partial charge in [0.05, 0.1) is 10.7 Å². The Morgan fingerprint density at radius 1 is 1.44 bits per heavy atom. The maximum Gasteiger partial charge on any atom is 0.270 e. The molecule has 1 rings (SSSR count). The Bertz CT molecular complexity index is 381. The summed E-state index contributed by atoms with van der Waals surface area (Å²) in [5.74, 6) is 0.651. The number of hydrogen-bond acceptors (Lipinski definition) is 2. The average molecular weight is 316 g/mol. The lowest BCUT2D eigenvalue weighted by molar-refractivity contribution is 0.0927. The summed E-state index contributed by atoms with van der Waals surface area (Å²) in [7, 11) is 1.77. The van der Waals surface area contributed by atoms with E-state index in [2.05, 4.69) is 40.2 Å². The van der Waals surface area contributed by atoms with E-state index in [1.165, 1.54) is 6.42 Å². The van der Waals surface area contributed by atoms with Crippen molar-refractivity contribution in [2.24, 2.45) is 13.0 Å². The van der Waals surface area contributed by atoms with E-state index in [0.29, 0.717) is 5.69 Å². The summed E-state index contributed by atoms with van der Waals surface area (Å²) in [4.78, 5) is 12.1. The first-order valence-electron chi connectivity index (χ1n) is 6.40. The van der Waals surface area contributed by atoms with Crippen molar-refractivity contribution in [1.82, 2.24) is 15.1 Å². The Balaban J connectivity index is 2.45. The molecule has 102 valence electrons. The van der Waals surface area contributed by atoms with Crippen molar-refractivity contribution in [2.75, 3.05) is 0 Å². The van der Waals surface area contributed by atoms with E-state index >= 15 is 0 Å². The maximum absolute atomic E-state index is 12.1. The maximum atomic E-state index is 12.1. The highest BCUT2D eigenvalue weighted by molar-refractivity contribution is 9.10. The van der Waals surface area contributed by atoms with Crippen molar-refractivity contribution >= 4 is 21.8 Å². The number of aromatic nitrogens is 2. The number of carbonyl (C=O) groups excluding carboxylic acids is 1. The normalized spacial score (nSPS) is 12.8. The van der Waals surface area contributed by atoms with Crippen LogP contribution >= 0.6 is 15.9 Å². The lowest BCUT2D eigenvalue weighted by Gasteiger charge is -2.14. The monoisotopic (exact) mass is 315 g/mol. The van der Waals surface area contributed by atoms with E-state index in [1.54, 1.807) is 17.9 Å². The minimum atomic E-state index is -0.0704. The number of aryl methyl sites for hydroxylation is 1. The highest BCUT2D eigenvalue weighted by atomic mass is 79.9. The van der Waals surface area contributed by atoms with Crippen molar-refractivity contribution in [3.63, 3.8) is 0 Å². The van der Waals surface area contributed by atoms with Crippen LogP contribution in [0, 0.1) is 5.92 Å². The number of hydrogen-bond donors (Lipinski definition) is 1. The zero-order valence-electron chi connectivity index (χ0n) is 11.5. The second kappa shape index (κ2) is 6.92. The number of nitrogens with zero attached hydrogens (tertiary/aromatic N) is 2. The largest absolute Gasteiger partial charge is 0.348 e. The van der Waals surface area contributed by atoms with E-state index in [1.807, 2.05) is 6.92 Å². The molecule has 18 heavy (non-hydrogen) atoms. The van der Waals surface area contributed by atoms with Crippen LogP contribution in [0.15, 0.2) is 10.7 Å². The van der Waals surface area contributed by atoms with Crippen LogP contribution in [0.5, 0.6) is 0 Å². The Labute approximate surface area is 117 Å². The van der Waals surface area contributed by atoms with Crippen LogP contribution in [0.1, 0.15) is 50.5 Å². The van der Waals surface area contributed by atoms with Gasteiger partial charge in [0.1, 0.15) is 5.69 Å². The fourth-order valence-electron chi connectivity index (χ4n) is 1.86. The zero-order chi connectivity index (χ0) is 13.7. The SMILES string of the molecule is CC(C)CCC[C@H](C)NC(=O)c1c(Br)cnn1C. The molecule has 0 fully saturated rings. The molecule has 0 unspecified atom stereocenters. The molecular formula is C13H22BrN3O. The van der Waals surface area contributed by atoms with Gasteiger partial charge in [0.2, 0.25) is 0 Å². The molecule has 5 heteroatoms. The number of amides is 1. The molecule has 0 radical (unpaired) electrons. The van der Waals surface area contributed by atoms with Gasteiger partial charge in [-0.3, -0.25) is 9.48 Å². The zero-order valence-corrected chi connectivity index (χ0v) is 13.1. The lowest BCUT2D eigenvalue weighted by Crippen LogP contribution is -2.34. The molecule has 1 N–H and O–H groups in total. The van der Waals surface area contributed by atoms with Gasteiger partial charge in [-0.15, -0.1) is 0 Å². The molecule has 1 heterocycles. The molecule has 0 aliphatic carbocycles. The van der Waals surface area contributed by atoms with Gasteiger partial charge in [0.25, 0.3) is 5.91 Å². The van der Waals surface area contributed by atoms with E-state index < -0.39 is 0 Å². The lowest BCUT2D eigenvalue weighted by atomic mass is 10.0. The van der Waals surface area contributed by atoms with Crippen molar-refractivity contribution in [1.29, 1.82) is 0 Å². The van der Waals surface area contributed by atoms with E-state index in [-0.39, 0.29) is 11.9 Å². The fraction of sp³-hybridized carbons (Fsp3) is 0.692. The quantitative estimate of drug-likeness (QED) is 0.876. The Kier molecular flexibility index (Phi) is 5.85. The van der Waals surface area contributed by atoms with E-state index in [4.69, 9.17) is 0 Å². The Hall–Kier alpha value is -0.840. The molecule has 0 saturated heterocycles. The first-order valence-corrected chi connectivity index (χ1v) is 7.19. The molecule has 4 nitrogen and oxygen atoms in total. The van der Waals surface area contributed by atoms with Gasteiger partial charge in [0, 0.05) is 13.1 Å². The molecule has 1 amide bonds. The van der Waals surface area contributed by atoms with Gasteiger partial charge in [-0.05, 0) is 35.2 Å². The van der Waals surface area contributed by atoms with Crippen LogP contribution in [0.25, 0.3) is 0 Å². The molecule has 1 atom stereocenters. The van der Waals surface area contributed by atoms with Crippen molar-refractivity contribution in [2.45, 2.75) is 46.1 Å². The standard InChI is InChI=1S/C13H22BrN3O/c1-9(2)6-5-7-10(3)16-13(18)12-11(14)8-15-17(12)4/h8-10H,5-7H2,1-4H3,(H,16,18)/t10-/m0/s1. The number of carbonyl (C=O) groups is 1. The molecular weight excluding hydrogens is 294 g/mol. The van der Waals surface area contributed by atoms with Crippen molar-refractivity contribution in [3.8, 4) is 0 Å². The minimum absolute atomic E-state index is 0.0704. The van der Waals surface area contributed by atoms with Crippen LogP contribution in [-0.2, 0) is 7.05 Å². The van der Waals surface area contributed by atoms with Crippen LogP contribution in [-0.4, -0.2) is 21.7 Å². The second-order valence-corrected chi connectivity index (χ2v) is 6.02. The Morgan fingerprint density at radius 3 is 2.61 bits per heavy atom. The van der Waals surface area contributed by atoms with Gasteiger partial charge >= 0.3 is 0 Å². The summed E-state index contributed by atoms with van der Waals surface area (Å²) in [5, 5.41) is 7.05. The van der Waals surface area contributed by atoms with Crippen LogP contribution in [0.2, 0.25) is 0 Å². The summed E-state index contributed by atoms with van der Waals surface area (Å²) in [6.07, 6.45) is 5.00. The fourth-order valence-corrected chi connectivity index (χ4v) is 2.39. The molecule has 1 aromatic rings. The number of halogens is 1.